The van der Waals surface area contributed by atoms with E-state index in [9.17, 15) is 14.7 Å². The van der Waals surface area contributed by atoms with E-state index in [4.69, 9.17) is 5.11 Å². The molecule has 2 fully saturated rings. The Balaban J connectivity index is 2.01. The third kappa shape index (κ3) is 3.18. The molecule has 0 saturated carbocycles. The van der Waals surface area contributed by atoms with Crippen LogP contribution in [0.2, 0.25) is 0 Å². The Hall–Kier alpha value is -1.30. The van der Waals surface area contributed by atoms with Crippen molar-refractivity contribution in [3.63, 3.8) is 0 Å². The number of aliphatic hydroxyl groups is 1. The normalized spacial score (nSPS) is 32.2. The Labute approximate surface area is 113 Å². The molecule has 2 heterocycles. The first kappa shape index (κ1) is 14.1. The van der Waals surface area contributed by atoms with Crippen molar-refractivity contribution >= 4 is 12.0 Å². The Morgan fingerprint density at radius 2 is 1.89 bits per heavy atom. The van der Waals surface area contributed by atoms with Gasteiger partial charge in [0.15, 0.2) is 0 Å². The number of carbonyl (C=O) groups is 2. The van der Waals surface area contributed by atoms with Crippen LogP contribution in [0.3, 0.4) is 0 Å². The lowest BCUT2D eigenvalue weighted by Crippen LogP contribution is -2.48. The zero-order valence-corrected chi connectivity index (χ0v) is 11.3. The minimum atomic E-state index is -0.923. The second-order valence-electron chi connectivity index (χ2n) is 5.81. The van der Waals surface area contributed by atoms with Gasteiger partial charge in [0.2, 0.25) is 0 Å². The molecule has 2 N–H and O–H groups in total. The number of hydrogen-bond acceptors (Lipinski definition) is 3. The zero-order valence-electron chi connectivity index (χ0n) is 11.3. The molecule has 2 aliphatic rings. The maximum absolute atomic E-state index is 12.4. The van der Waals surface area contributed by atoms with Crippen molar-refractivity contribution in [3.8, 4) is 0 Å². The van der Waals surface area contributed by atoms with E-state index in [1.807, 2.05) is 0 Å². The van der Waals surface area contributed by atoms with Gasteiger partial charge < -0.3 is 20.0 Å². The first-order chi connectivity index (χ1) is 8.91. The maximum atomic E-state index is 12.4. The van der Waals surface area contributed by atoms with Gasteiger partial charge in [-0.25, -0.2) is 9.59 Å². The Morgan fingerprint density at radius 1 is 1.16 bits per heavy atom. The van der Waals surface area contributed by atoms with Crippen LogP contribution >= 0.6 is 0 Å². The van der Waals surface area contributed by atoms with Gasteiger partial charge in [0.05, 0.1) is 5.60 Å². The summed E-state index contributed by atoms with van der Waals surface area (Å²) in [6, 6.07) is -0.876. The lowest BCUT2D eigenvalue weighted by molar-refractivity contribution is -0.141. The van der Waals surface area contributed by atoms with Gasteiger partial charge in [0.1, 0.15) is 6.04 Å². The molecule has 2 saturated heterocycles. The highest BCUT2D eigenvalue weighted by molar-refractivity contribution is 5.83. The van der Waals surface area contributed by atoms with Gasteiger partial charge in [-0.05, 0) is 39.0 Å². The SMILES string of the molecule is CC1(O)CCCN(C(=O)N2CCC[C@H]2C(=O)O)CC1. The molecule has 2 atom stereocenters. The molecule has 0 aromatic heterocycles. The number of carboxylic acid groups (broad SMARTS) is 1. The molecule has 1 unspecified atom stereocenters. The van der Waals surface area contributed by atoms with Crippen molar-refractivity contribution in [2.45, 2.75) is 50.7 Å². The Morgan fingerprint density at radius 3 is 2.58 bits per heavy atom. The number of carboxylic acids is 1. The monoisotopic (exact) mass is 270 g/mol. The summed E-state index contributed by atoms with van der Waals surface area (Å²) in [6.45, 7) is 3.39. The zero-order chi connectivity index (χ0) is 14.0. The van der Waals surface area contributed by atoms with Crippen LogP contribution < -0.4 is 0 Å². The summed E-state index contributed by atoms with van der Waals surface area (Å²) in [4.78, 5) is 26.6. The predicted octanol–water partition coefficient (Wildman–Crippen LogP) is 0.892. The average Bonchev–Trinajstić information content (AvgIpc) is 2.74. The van der Waals surface area contributed by atoms with Gasteiger partial charge in [-0.2, -0.15) is 0 Å². The second kappa shape index (κ2) is 5.36. The van der Waals surface area contributed by atoms with Crippen molar-refractivity contribution in [1.82, 2.24) is 9.80 Å². The molecule has 0 spiro atoms. The minimum Gasteiger partial charge on any atom is -0.480 e. The molecule has 6 nitrogen and oxygen atoms in total. The van der Waals surface area contributed by atoms with Gasteiger partial charge >= 0.3 is 12.0 Å². The molecule has 2 amide bonds. The Bertz CT molecular complexity index is 370. The molecule has 0 bridgehead atoms. The molecular formula is C13H22N2O4. The highest BCUT2D eigenvalue weighted by atomic mass is 16.4. The summed E-state index contributed by atoms with van der Waals surface area (Å²) in [5, 5.41) is 19.1. The van der Waals surface area contributed by atoms with Crippen molar-refractivity contribution in [1.29, 1.82) is 0 Å². The van der Waals surface area contributed by atoms with Crippen molar-refractivity contribution in [3.05, 3.63) is 0 Å². The molecule has 19 heavy (non-hydrogen) atoms. The number of urea groups is 1. The van der Waals surface area contributed by atoms with E-state index >= 15 is 0 Å². The van der Waals surface area contributed by atoms with Crippen LogP contribution in [-0.4, -0.2) is 63.3 Å². The van der Waals surface area contributed by atoms with E-state index in [-0.39, 0.29) is 6.03 Å². The summed E-state index contributed by atoms with van der Waals surface area (Å²) in [6.07, 6.45) is 3.26. The number of aliphatic carboxylic acids is 1. The van der Waals surface area contributed by atoms with Gasteiger partial charge in [-0.1, -0.05) is 0 Å². The van der Waals surface area contributed by atoms with Gasteiger partial charge in [-0.15, -0.1) is 0 Å². The highest BCUT2D eigenvalue weighted by Crippen LogP contribution is 2.24. The van der Waals surface area contributed by atoms with Gasteiger partial charge in [-0.3, -0.25) is 0 Å². The van der Waals surface area contributed by atoms with E-state index in [0.717, 1.165) is 12.8 Å². The predicted molar refractivity (Wildman–Crippen MR) is 68.8 cm³/mol. The number of nitrogens with zero attached hydrogens (tertiary/aromatic N) is 2. The van der Waals surface area contributed by atoms with Gasteiger partial charge in [0.25, 0.3) is 0 Å². The standard InChI is InChI=1S/C13H22N2O4/c1-13(19)5-3-7-14(9-6-13)12(18)15-8-2-4-10(15)11(16)17/h10,19H,2-9H2,1H3,(H,16,17)/t10-,13?/m0/s1. The summed E-state index contributed by atoms with van der Waals surface area (Å²) in [5.74, 6) is -0.923. The van der Waals surface area contributed by atoms with Crippen LogP contribution in [0.5, 0.6) is 0 Å². The molecular weight excluding hydrogens is 248 g/mol. The quantitative estimate of drug-likeness (QED) is 0.741. The molecule has 0 aromatic carbocycles. The number of amides is 2. The number of rotatable bonds is 1. The summed E-state index contributed by atoms with van der Waals surface area (Å²) in [7, 11) is 0. The number of carbonyl (C=O) groups excluding carboxylic acids is 1. The van der Waals surface area contributed by atoms with Crippen molar-refractivity contribution in [2.75, 3.05) is 19.6 Å². The fraction of sp³-hybridized carbons (Fsp3) is 0.846. The van der Waals surface area contributed by atoms with Crippen LogP contribution in [0.25, 0.3) is 0 Å². The van der Waals surface area contributed by atoms with E-state index in [1.165, 1.54) is 4.90 Å². The smallest absolute Gasteiger partial charge is 0.326 e. The van der Waals surface area contributed by atoms with E-state index in [2.05, 4.69) is 0 Å². The van der Waals surface area contributed by atoms with E-state index in [0.29, 0.717) is 38.9 Å². The summed E-state index contributed by atoms with van der Waals surface area (Å²) >= 11 is 0. The third-order valence-electron chi connectivity index (χ3n) is 4.12. The van der Waals surface area contributed by atoms with Crippen LogP contribution in [0.15, 0.2) is 0 Å². The molecule has 108 valence electrons. The fourth-order valence-electron chi connectivity index (χ4n) is 2.89. The van der Waals surface area contributed by atoms with Crippen LogP contribution in [-0.2, 0) is 4.79 Å². The first-order valence-electron chi connectivity index (χ1n) is 6.91. The van der Waals surface area contributed by atoms with Crippen molar-refractivity contribution < 1.29 is 19.8 Å². The summed E-state index contributed by atoms with van der Waals surface area (Å²) in [5.41, 5.74) is -0.716. The van der Waals surface area contributed by atoms with E-state index in [1.54, 1.807) is 11.8 Å². The molecule has 0 aromatic rings. The lowest BCUT2D eigenvalue weighted by atomic mass is 9.98. The first-order valence-corrected chi connectivity index (χ1v) is 6.91. The lowest BCUT2D eigenvalue weighted by Gasteiger charge is -2.29. The van der Waals surface area contributed by atoms with Crippen LogP contribution in [0.4, 0.5) is 4.79 Å². The molecule has 2 aliphatic heterocycles. The summed E-state index contributed by atoms with van der Waals surface area (Å²) < 4.78 is 0. The molecule has 0 radical (unpaired) electrons. The number of likely N-dealkylation sites (tertiary alicyclic amines) is 2. The van der Waals surface area contributed by atoms with Crippen LogP contribution in [0.1, 0.15) is 39.0 Å². The second-order valence-corrected chi connectivity index (χ2v) is 5.81. The van der Waals surface area contributed by atoms with Crippen LogP contribution in [0, 0.1) is 0 Å². The average molecular weight is 270 g/mol. The fourth-order valence-corrected chi connectivity index (χ4v) is 2.89. The minimum absolute atomic E-state index is 0.192. The van der Waals surface area contributed by atoms with Crippen molar-refractivity contribution in [2.24, 2.45) is 0 Å². The molecule has 6 heteroatoms. The van der Waals surface area contributed by atoms with Gasteiger partial charge in [0, 0.05) is 19.6 Å². The third-order valence-corrected chi connectivity index (χ3v) is 4.12. The topological polar surface area (TPSA) is 81.1 Å². The maximum Gasteiger partial charge on any atom is 0.326 e. The molecule has 0 aliphatic carbocycles. The molecule has 2 rings (SSSR count). The largest absolute Gasteiger partial charge is 0.480 e. The number of hydrogen-bond donors (Lipinski definition) is 2. The highest BCUT2D eigenvalue weighted by Gasteiger charge is 2.37. The Kier molecular flexibility index (Phi) is 3.99. The van der Waals surface area contributed by atoms with E-state index < -0.39 is 17.6 Å².